The summed E-state index contributed by atoms with van der Waals surface area (Å²) < 4.78 is 5.25. The van der Waals surface area contributed by atoms with Crippen molar-refractivity contribution in [1.82, 2.24) is 10.2 Å². The summed E-state index contributed by atoms with van der Waals surface area (Å²) in [5.41, 5.74) is 0. The maximum atomic E-state index is 11.9. The van der Waals surface area contributed by atoms with Crippen molar-refractivity contribution in [2.24, 2.45) is 0 Å². The monoisotopic (exact) mass is 251 g/mol. The van der Waals surface area contributed by atoms with Gasteiger partial charge in [-0.1, -0.05) is 19.3 Å². The second kappa shape index (κ2) is 6.72. The summed E-state index contributed by atoms with van der Waals surface area (Å²) in [6.45, 7) is 2.19. The van der Waals surface area contributed by atoms with Crippen molar-refractivity contribution in [2.45, 2.75) is 44.2 Å². The van der Waals surface area contributed by atoms with Gasteiger partial charge in [-0.2, -0.15) is 5.26 Å². The van der Waals surface area contributed by atoms with E-state index >= 15 is 0 Å². The molecule has 0 spiro atoms. The Balaban J connectivity index is 1.71. The fraction of sp³-hybridized carbons (Fsp3) is 0.846. The Hall–Kier alpha value is -1.12. The third kappa shape index (κ3) is 3.97. The molecule has 0 aromatic heterocycles. The van der Waals surface area contributed by atoms with Gasteiger partial charge in [0.2, 0.25) is 5.91 Å². The summed E-state index contributed by atoms with van der Waals surface area (Å²) in [6.07, 6.45) is 5.56. The van der Waals surface area contributed by atoms with Gasteiger partial charge < -0.3 is 10.1 Å². The number of nitrogens with one attached hydrogen (secondary N) is 1. The van der Waals surface area contributed by atoms with Crippen LogP contribution in [0.1, 0.15) is 32.1 Å². The molecule has 5 heteroatoms. The first-order chi connectivity index (χ1) is 8.78. The van der Waals surface area contributed by atoms with Gasteiger partial charge in [0.05, 0.1) is 19.2 Å². The summed E-state index contributed by atoms with van der Waals surface area (Å²) in [6, 6.07) is 2.45. The zero-order chi connectivity index (χ0) is 12.8. The van der Waals surface area contributed by atoms with Gasteiger partial charge in [0.25, 0.3) is 0 Å². The molecule has 100 valence electrons. The quantitative estimate of drug-likeness (QED) is 0.800. The van der Waals surface area contributed by atoms with Crippen LogP contribution in [-0.2, 0) is 9.53 Å². The molecule has 1 saturated carbocycles. The molecule has 1 aliphatic heterocycles. The fourth-order valence-corrected chi connectivity index (χ4v) is 2.65. The normalized spacial score (nSPS) is 26.5. The first-order valence-electron chi connectivity index (χ1n) is 6.81. The van der Waals surface area contributed by atoms with E-state index in [9.17, 15) is 4.79 Å². The molecule has 1 N–H and O–H groups in total. The van der Waals surface area contributed by atoms with Crippen molar-refractivity contribution < 1.29 is 9.53 Å². The number of amides is 1. The second-order valence-electron chi connectivity index (χ2n) is 5.13. The summed E-state index contributed by atoms with van der Waals surface area (Å²) in [4.78, 5) is 13.9. The van der Waals surface area contributed by atoms with Crippen LogP contribution in [0.4, 0.5) is 0 Å². The van der Waals surface area contributed by atoms with Crippen LogP contribution < -0.4 is 5.32 Å². The van der Waals surface area contributed by atoms with Crippen molar-refractivity contribution in [2.75, 3.05) is 26.2 Å². The predicted molar refractivity (Wildman–Crippen MR) is 66.8 cm³/mol. The average Bonchev–Trinajstić information content (AvgIpc) is 2.40. The molecule has 18 heavy (non-hydrogen) atoms. The SMILES string of the molecule is N#CC1CN(CC(=O)NC2CCCCC2)CCO1. The summed E-state index contributed by atoms with van der Waals surface area (Å²) in [5, 5.41) is 11.9. The average molecular weight is 251 g/mol. The van der Waals surface area contributed by atoms with Crippen LogP contribution in [0.25, 0.3) is 0 Å². The maximum absolute atomic E-state index is 11.9. The van der Waals surface area contributed by atoms with Gasteiger partial charge in [-0.15, -0.1) is 0 Å². The van der Waals surface area contributed by atoms with E-state index in [1.54, 1.807) is 0 Å². The van der Waals surface area contributed by atoms with Crippen molar-refractivity contribution in [3.8, 4) is 6.07 Å². The van der Waals surface area contributed by atoms with Crippen LogP contribution >= 0.6 is 0 Å². The zero-order valence-corrected chi connectivity index (χ0v) is 10.7. The molecule has 2 rings (SSSR count). The molecule has 0 radical (unpaired) electrons. The number of hydrogen-bond donors (Lipinski definition) is 1. The van der Waals surface area contributed by atoms with E-state index in [-0.39, 0.29) is 12.0 Å². The Morgan fingerprint density at radius 1 is 1.39 bits per heavy atom. The van der Waals surface area contributed by atoms with E-state index in [1.807, 2.05) is 4.90 Å². The number of rotatable bonds is 3. The minimum atomic E-state index is -0.388. The van der Waals surface area contributed by atoms with Gasteiger partial charge in [0.1, 0.15) is 0 Å². The first-order valence-corrected chi connectivity index (χ1v) is 6.81. The molecule has 1 unspecified atom stereocenters. The molecule has 0 aromatic rings. The Labute approximate surface area is 108 Å². The molecular weight excluding hydrogens is 230 g/mol. The van der Waals surface area contributed by atoms with E-state index in [0.29, 0.717) is 25.7 Å². The van der Waals surface area contributed by atoms with Crippen LogP contribution in [-0.4, -0.2) is 49.2 Å². The Bertz CT molecular complexity index is 321. The van der Waals surface area contributed by atoms with E-state index in [4.69, 9.17) is 10.00 Å². The molecule has 5 nitrogen and oxygen atoms in total. The van der Waals surface area contributed by atoms with Gasteiger partial charge >= 0.3 is 0 Å². The topological polar surface area (TPSA) is 65.4 Å². The lowest BCUT2D eigenvalue weighted by atomic mass is 9.95. The van der Waals surface area contributed by atoms with Gasteiger partial charge in [-0.25, -0.2) is 0 Å². The van der Waals surface area contributed by atoms with Gasteiger partial charge in [-0.05, 0) is 12.8 Å². The molecule has 1 atom stereocenters. The van der Waals surface area contributed by atoms with E-state index in [0.717, 1.165) is 19.4 Å². The number of nitriles is 1. The molecule has 1 amide bonds. The number of hydrogen-bond acceptors (Lipinski definition) is 4. The highest BCUT2D eigenvalue weighted by Crippen LogP contribution is 2.17. The van der Waals surface area contributed by atoms with Crippen LogP contribution in [0.3, 0.4) is 0 Å². The third-order valence-corrected chi connectivity index (χ3v) is 3.63. The zero-order valence-electron chi connectivity index (χ0n) is 10.7. The van der Waals surface area contributed by atoms with Crippen LogP contribution in [0.15, 0.2) is 0 Å². The second-order valence-corrected chi connectivity index (χ2v) is 5.13. The Morgan fingerprint density at radius 3 is 2.89 bits per heavy atom. The van der Waals surface area contributed by atoms with Gasteiger partial charge in [0.15, 0.2) is 6.10 Å². The molecular formula is C13H21N3O2. The summed E-state index contributed by atoms with van der Waals surface area (Å²) in [7, 11) is 0. The van der Waals surface area contributed by atoms with Crippen LogP contribution in [0.5, 0.6) is 0 Å². The highest BCUT2D eigenvalue weighted by molar-refractivity contribution is 5.78. The summed E-state index contributed by atoms with van der Waals surface area (Å²) in [5.74, 6) is 0.0838. The number of ether oxygens (including phenoxy) is 1. The smallest absolute Gasteiger partial charge is 0.234 e. The highest BCUT2D eigenvalue weighted by Gasteiger charge is 2.23. The number of carbonyl (C=O) groups is 1. The van der Waals surface area contributed by atoms with Gasteiger partial charge in [-0.3, -0.25) is 9.69 Å². The van der Waals surface area contributed by atoms with Crippen LogP contribution in [0.2, 0.25) is 0 Å². The molecule has 1 heterocycles. The summed E-state index contributed by atoms with van der Waals surface area (Å²) >= 11 is 0. The minimum Gasteiger partial charge on any atom is -0.361 e. The molecule has 0 bridgehead atoms. The molecule has 1 saturated heterocycles. The highest BCUT2D eigenvalue weighted by atomic mass is 16.5. The van der Waals surface area contributed by atoms with E-state index in [1.165, 1.54) is 19.3 Å². The Morgan fingerprint density at radius 2 is 2.17 bits per heavy atom. The van der Waals surface area contributed by atoms with Gasteiger partial charge in [0, 0.05) is 19.1 Å². The first kappa shape index (κ1) is 13.3. The lowest BCUT2D eigenvalue weighted by Gasteiger charge is -2.30. The van der Waals surface area contributed by atoms with Crippen molar-refractivity contribution in [3.05, 3.63) is 0 Å². The lowest BCUT2D eigenvalue weighted by Crippen LogP contribution is -2.48. The largest absolute Gasteiger partial charge is 0.361 e. The fourth-order valence-electron chi connectivity index (χ4n) is 2.65. The lowest BCUT2D eigenvalue weighted by molar-refractivity contribution is -0.124. The molecule has 1 aliphatic carbocycles. The predicted octanol–water partition coefficient (Wildman–Crippen LogP) is 0.660. The molecule has 2 fully saturated rings. The number of morpholine rings is 1. The number of nitrogens with zero attached hydrogens (tertiary/aromatic N) is 2. The standard InChI is InChI=1S/C13H21N3O2/c14-8-12-9-16(6-7-18-12)10-13(17)15-11-4-2-1-3-5-11/h11-12H,1-7,9-10H2,(H,15,17). The minimum absolute atomic E-state index is 0.0838. The molecule has 0 aromatic carbocycles. The van der Waals surface area contributed by atoms with Crippen LogP contribution in [0, 0.1) is 11.3 Å². The maximum Gasteiger partial charge on any atom is 0.234 e. The van der Waals surface area contributed by atoms with Crippen molar-refractivity contribution >= 4 is 5.91 Å². The van der Waals surface area contributed by atoms with E-state index in [2.05, 4.69) is 11.4 Å². The van der Waals surface area contributed by atoms with E-state index < -0.39 is 0 Å². The van der Waals surface area contributed by atoms with Crippen molar-refractivity contribution in [1.29, 1.82) is 5.26 Å². The molecule has 2 aliphatic rings. The third-order valence-electron chi connectivity index (χ3n) is 3.63. The Kier molecular flexibility index (Phi) is 4.97. The number of carbonyl (C=O) groups excluding carboxylic acids is 1. The van der Waals surface area contributed by atoms with Crippen molar-refractivity contribution in [3.63, 3.8) is 0 Å².